The Balaban J connectivity index is 1.67. The van der Waals surface area contributed by atoms with E-state index in [9.17, 15) is 9.59 Å². The quantitative estimate of drug-likeness (QED) is 0.581. The van der Waals surface area contributed by atoms with Crippen molar-refractivity contribution in [2.75, 3.05) is 12.8 Å². The fourth-order valence-corrected chi connectivity index (χ4v) is 3.64. The molecule has 0 bridgehead atoms. The van der Waals surface area contributed by atoms with Crippen LogP contribution in [0.25, 0.3) is 0 Å². The highest BCUT2D eigenvalue weighted by atomic mass is 35.5. The molecule has 26 heavy (non-hydrogen) atoms. The Hall–Kier alpha value is -1.98. The Morgan fingerprint density at radius 2 is 1.92 bits per heavy atom. The number of ether oxygens (including phenoxy) is 1. The van der Waals surface area contributed by atoms with E-state index in [1.165, 1.54) is 17.3 Å². The molecule has 0 N–H and O–H groups in total. The average molecular weight is 390 g/mol. The van der Waals surface area contributed by atoms with Gasteiger partial charge in [-0.25, -0.2) is 4.79 Å². The summed E-state index contributed by atoms with van der Waals surface area (Å²) in [4.78, 5) is 27.8. The van der Waals surface area contributed by atoms with Crippen LogP contribution in [0, 0.1) is 0 Å². The van der Waals surface area contributed by atoms with Crippen molar-refractivity contribution in [3.05, 3.63) is 64.2 Å². The Morgan fingerprint density at radius 1 is 1.19 bits per heavy atom. The van der Waals surface area contributed by atoms with Gasteiger partial charge in [0, 0.05) is 18.0 Å². The third-order valence-corrected chi connectivity index (χ3v) is 5.52. The van der Waals surface area contributed by atoms with E-state index in [0.29, 0.717) is 18.1 Å². The first-order valence-corrected chi connectivity index (χ1v) is 10.00. The zero-order valence-electron chi connectivity index (χ0n) is 14.7. The van der Waals surface area contributed by atoms with E-state index in [1.54, 1.807) is 24.0 Å². The second-order valence-corrected chi connectivity index (χ2v) is 7.46. The molecule has 4 nitrogen and oxygen atoms in total. The molecule has 0 unspecified atom stereocenters. The summed E-state index contributed by atoms with van der Waals surface area (Å²) in [5.41, 5.74) is 2.69. The molecule has 1 aliphatic rings. The SMILES string of the molecule is CSc1ccc(Cl)c(C(=O)O[C@@H](C)C(=O)N2CCc3ccccc3C2)c1. The standard InChI is InChI=1S/C20H20ClNO3S/c1-13(25-20(24)17-11-16(26-2)7-8-18(17)21)19(23)22-10-9-14-5-3-4-6-15(14)12-22/h3-8,11,13H,9-10,12H2,1-2H3/t13-/m0/s1. The molecule has 0 aliphatic carbocycles. The topological polar surface area (TPSA) is 46.6 Å². The van der Waals surface area contributed by atoms with E-state index in [4.69, 9.17) is 16.3 Å². The summed E-state index contributed by atoms with van der Waals surface area (Å²) in [6.07, 6.45) is 1.87. The lowest BCUT2D eigenvalue weighted by Gasteiger charge is -2.30. The molecular formula is C20H20ClNO3S. The van der Waals surface area contributed by atoms with Gasteiger partial charge in [-0.3, -0.25) is 4.79 Å². The monoisotopic (exact) mass is 389 g/mol. The first-order chi connectivity index (χ1) is 12.5. The number of fused-ring (bicyclic) bond motifs is 1. The molecule has 0 aromatic heterocycles. The number of carbonyl (C=O) groups is 2. The van der Waals surface area contributed by atoms with E-state index in [2.05, 4.69) is 6.07 Å². The van der Waals surface area contributed by atoms with Gasteiger partial charge in [0.15, 0.2) is 6.10 Å². The zero-order valence-corrected chi connectivity index (χ0v) is 16.3. The second-order valence-electron chi connectivity index (χ2n) is 6.17. The lowest BCUT2D eigenvalue weighted by Crippen LogP contribution is -2.42. The minimum atomic E-state index is -0.859. The van der Waals surface area contributed by atoms with Gasteiger partial charge in [-0.2, -0.15) is 0 Å². The number of hydrogen-bond acceptors (Lipinski definition) is 4. The van der Waals surface area contributed by atoms with Gasteiger partial charge in [-0.1, -0.05) is 35.9 Å². The van der Waals surface area contributed by atoms with Crippen LogP contribution in [-0.4, -0.2) is 35.7 Å². The normalized spacial score (nSPS) is 14.5. The van der Waals surface area contributed by atoms with Crippen molar-refractivity contribution in [2.45, 2.75) is 30.9 Å². The Morgan fingerprint density at radius 3 is 2.65 bits per heavy atom. The van der Waals surface area contributed by atoms with Crippen LogP contribution in [0.3, 0.4) is 0 Å². The minimum absolute atomic E-state index is 0.190. The predicted molar refractivity (Wildman–Crippen MR) is 104 cm³/mol. The number of hydrogen-bond donors (Lipinski definition) is 0. The largest absolute Gasteiger partial charge is 0.449 e. The Labute approximate surface area is 162 Å². The highest BCUT2D eigenvalue weighted by Gasteiger charge is 2.27. The summed E-state index contributed by atoms with van der Waals surface area (Å²) >= 11 is 7.62. The van der Waals surface area contributed by atoms with Crippen molar-refractivity contribution < 1.29 is 14.3 Å². The van der Waals surface area contributed by atoms with Crippen molar-refractivity contribution in [1.82, 2.24) is 4.90 Å². The summed E-state index contributed by atoms with van der Waals surface area (Å²) in [6.45, 7) is 2.77. The van der Waals surface area contributed by atoms with Crippen LogP contribution >= 0.6 is 23.4 Å². The summed E-state index contributed by atoms with van der Waals surface area (Å²) in [5.74, 6) is -0.769. The molecule has 2 aromatic rings. The third-order valence-electron chi connectivity index (χ3n) is 4.47. The highest BCUT2D eigenvalue weighted by Crippen LogP contribution is 2.25. The summed E-state index contributed by atoms with van der Waals surface area (Å²) in [6, 6.07) is 13.3. The fourth-order valence-electron chi connectivity index (χ4n) is 3.00. The van der Waals surface area contributed by atoms with E-state index < -0.39 is 12.1 Å². The molecule has 3 rings (SSSR count). The molecule has 0 saturated carbocycles. The maximum Gasteiger partial charge on any atom is 0.340 e. The number of thioether (sulfide) groups is 1. The molecule has 0 radical (unpaired) electrons. The summed E-state index contributed by atoms with van der Waals surface area (Å²) in [5, 5.41) is 0.319. The van der Waals surface area contributed by atoms with Crippen LogP contribution in [0.1, 0.15) is 28.4 Å². The first-order valence-electron chi connectivity index (χ1n) is 8.39. The number of carbonyl (C=O) groups excluding carboxylic acids is 2. The smallest absolute Gasteiger partial charge is 0.340 e. The van der Waals surface area contributed by atoms with Crippen molar-refractivity contribution in [3.63, 3.8) is 0 Å². The molecule has 1 atom stereocenters. The maximum absolute atomic E-state index is 12.7. The van der Waals surface area contributed by atoms with Gasteiger partial charge in [0.25, 0.3) is 5.91 Å². The van der Waals surface area contributed by atoms with Crippen LogP contribution in [0.5, 0.6) is 0 Å². The molecule has 0 fully saturated rings. The van der Waals surface area contributed by atoms with Crippen molar-refractivity contribution >= 4 is 35.2 Å². The number of benzene rings is 2. The number of esters is 1. The van der Waals surface area contributed by atoms with E-state index in [1.807, 2.05) is 30.5 Å². The van der Waals surface area contributed by atoms with Crippen molar-refractivity contribution in [2.24, 2.45) is 0 Å². The number of nitrogens with zero attached hydrogens (tertiary/aromatic N) is 1. The predicted octanol–water partition coefficient (Wildman–Crippen LogP) is 4.19. The van der Waals surface area contributed by atoms with Gasteiger partial charge < -0.3 is 9.64 Å². The minimum Gasteiger partial charge on any atom is -0.449 e. The Kier molecular flexibility index (Phi) is 5.89. The molecule has 1 heterocycles. The van der Waals surface area contributed by atoms with Crippen LogP contribution < -0.4 is 0 Å². The van der Waals surface area contributed by atoms with Crippen LogP contribution in [-0.2, 0) is 22.5 Å². The first kappa shape index (κ1) is 18.8. The van der Waals surface area contributed by atoms with Gasteiger partial charge in [0.1, 0.15) is 0 Å². The van der Waals surface area contributed by atoms with Gasteiger partial charge in [-0.05, 0) is 48.9 Å². The van der Waals surface area contributed by atoms with E-state index in [-0.39, 0.29) is 11.5 Å². The van der Waals surface area contributed by atoms with Crippen LogP contribution in [0.2, 0.25) is 5.02 Å². The molecule has 1 aliphatic heterocycles. The lowest BCUT2D eigenvalue weighted by molar-refractivity contribution is -0.140. The second kappa shape index (κ2) is 8.14. The zero-order chi connectivity index (χ0) is 18.7. The van der Waals surface area contributed by atoms with Gasteiger partial charge >= 0.3 is 5.97 Å². The van der Waals surface area contributed by atoms with Crippen molar-refractivity contribution in [3.8, 4) is 0 Å². The van der Waals surface area contributed by atoms with E-state index in [0.717, 1.165) is 16.9 Å². The molecular weight excluding hydrogens is 370 g/mol. The van der Waals surface area contributed by atoms with Crippen LogP contribution in [0.15, 0.2) is 47.4 Å². The van der Waals surface area contributed by atoms with Crippen molar-refractivity contribution in [1.29, 1.82) is 0 Å². The van der Waals surface area contributed by atoms with Crippen LogP contribution in [0.4, 0.5) is 0 Å². The number of amides is 1. The Bertz CT molecular complexity index is 840. The molecule has 0 saturated heterocycles. The van der Waals surface area contributed by atoms with Gasteiger partial charge in [-0.15, -0.1) is 11.8 Å². The molecule has 2 aromatic carbocycles. The highest BCUT2D eigenvalue weighted by molar-refractivity contribution is 7.98. The molecule has 136 valence electrons. The van der Waals surface area contributed by atoms with Gasteiger partial charge in [0.2, 0.25) is 0 Å². The summed E-state index contributed by atoms with van der Waals surface area (Å²) in [7, 11) is 0. The molecule has 1 amide bonds. The number of halogens is 1. The average Bonchev–Trinajstić information content (AvgIpc) is 2.67. The fraction of sp³-hybridized carbons (Fsp3) is 0.300. The summed E-state index contributed by atoms with van der Waals surface area (Å²) < 4.78 is 5.40. The van der Waals surface area contributed by atoms with E-state index >= 15 is 0 Å². The third kappa shape index (κ3) is 4.05. The van der Waals surface area contributed by atoms with Gasteiger partial charge in [0.05, 0.1) is 10.6 Å². The molecule has 6 heteroatoms. The molecule has 0 spiro atoms. The lowest BCUT2D eigenvalue weighted by atomic mass is 9.99. The maximum atomic E-state index is 12.7. The number of rotatable bonds is 4.